The zero-order valence-electron chi connectivity index (χ0n) is 13.2. The van der Waals surface area contributed by atoms with E-state index in [9.17, 15) is 13.5 Å². The van der Waals surface area contributed by atoms with Gasteiger partial charge in [0.2, 0.25) is 10.0 Å². The van der Waals surface area contributed by atoms with Crippen LogP contribution in [0.4, 0.5) is 0 Å². The molecule has 0 amide bonds. The van der Waals surface area contributed by atoms with E-state index < -0.39 is 15.6 Å². The van der Waals surface area contributed by atoms with E-state index in [0.29, 0.717) is 24.9 Å². The average Bonchev–Trinajstić information content (AvgIpc) is 2.46. The van der Waals surface area contributed by atoms with Crippen LogP contribution in [0.1, 0.15) is 52.9 Å². The van der Waals surface area contributed by atoms with Gasteiger partial charge in [0.1, 0.15) is 0 Å². The third-order valence-corrected chi connectivity index (χ3v) is 6.42. The lowest BCUT2D eigenvalue weighted by atomic mass is 9.80. The zero-order chi connectivity index (χ0) is 15.2. The SMILES string of the molecule is CC1CC(C)(C)CC1(O)CC1CCCN(S(C)(=O)=O)C1. The molecule has 2 fully saturated rings. The van der Waals surface area contributed by atoms with Crippen LogP contribution in [0, 0.1) is 17.3 Å². The van der Waals surface area contributed by atoms with E-state index in [-0.39, 0.29) is 5.41 Å². The molecule has 0 spiro atoms. The maximum Gasteiger partial charge on any atom is 0.211 e. The Balaban J connectivity index is 2.03. The second-order valence-corrected chi connectivity index (χ2v) is 9.87. The lowest BCUT2D eigenvalue weighted by molar-refractivity contribution is -0.0241. The Morgan fingerprint density at radius 2 is 2.00 bits per heavy atom. The molecule has 4 nitrogen and oxygen atoms in total. The monoisotopic (exact) mass is 303 g/mol. The van der Waals surface area contributed by atoms with Crippen LogP contribution in [0.15, 0.2) is 0 Å². The number of rotatable bonds is 3. The fraction of sp³-hybridized carbons (Fsp3) is 1.00. The van der Waals surface area contributed by atoms with Crippen LogP contribution < -0.4 is 0 Å². The molecule has 3 atom stereocenters. The van der Waals surface area contributed by atoms with E-state index in [1.54, 1.807) is 4.31 Å². The average molecular weight is 303 g/mol. The van der Waals surface area contributed by atoms with Crippen molar-refractivity contribution < 1.29 is 13.5 Å². The van der Waals surface area contributed by atoms with E-state index in [2.05, 4.69) is 20.8 Å². The number of piperidine rings is 1. The van der Waals surface area contributed by atoms with Gasteiger partial charge in [-0.3, -0.25) is 0 Å². The standard InChI is InChI=1S/C15H29NO3S/c1-12-8-14(2,3)11-15(12,17)9-13-6-5-7-16(10-13)20(4,18)19/h12-13,17H,5-11H2,1-4H3. The van der Waals surface area contributed by atoms with Crippen LogP contribution in [0.3, 0.4) is 0 Å². The molecule has 0 aromatic rings. The molecule has 2 aliphatic rings. The summed E-state index contributed by atoms with van der Waals surface area (Å²) in [7, 11) is -3.10. The van der Waals surface area contributed by atoms with Crippen LogP contribution in [0.5, 0.6) is 0 Å². The van der Waals surface area contributed by atoms with Crippen molar-refractivity contribution in [2.75, 3.05) is 19.3 Å². The highest BCUT2D eigenvalue weighted by Crippen LogP contribution is 2.50. The van der Waals surface area contributed by atoms with Crippen molar-refractivity contribution in [3.63, 3.8) is 0 Å². The molecule has 0 aromatic heterocycles. The molecule has 118 valence electrons. The minimum atomic E-state index is -3.10. The van der Waals surface area contributed by atoms with Crippen LogP contribution in [0.25, 0.3) is 0 Å². The van der Waals surface area contributed by atoms with Gasteiger partial charge in [0.25, 0.3) is 0 Å². The zero-order valence-corrected chi connectivity index (χ0v) is 14.0. The smallest absolute Gasteiger partial charge is 0.211 e. The molecule has 1 aliphatic carbocycles. The molecular weight excluding hydrogens is 274 g/mol. The summed E-state index contributed by atoms with van der Waals surface area (Å²) in [6.07, 6.45) is 5.84. The molecule has 1 heterocycles. The van der Waals surface area contributed by atoms with Crippen molar-refractivity contribution in [3.8, 4) is 0 Å². The van der Waals surface area contributed by atoms with Gasteiger partial charge in [-0.05, 0) is 49.4 Å². The third kappa shape index (κ3) is 3.55. The highest BCUT2D eigenvalue weighted by molar-refractivity contribution is 7.88. The first-order valence-electron chi connectivity index (χ1n) is 7.69. The molecule has 1 aliphatic heterocycles. The lowest BCUT2D eigenvalue weighted by Crippen LogP contribution is -2.43. The van der Waals surface area contributed by atoms with Gasteiger partial charge in [-0.2, -0.15) is 0 Å². The summed E-state index contributed by atoms with van der Waals surface area (Å²) in [4.78, 5) is 0. The van der Waals surface area contributed by atoms with Crippen LogP contribution in [-0.4, -0.2) is 42.8 Å². The normalized spacial score (nSPS) is 39.0. The largest absolute Gasteiger partial charge is 0.390 e. The van der Waals surface area contributed by atoms with Crippen molar-refractivity contribution in [2.24, 2.45) is 17.3 Å². The van der Waals surface area contributed by atoms with Gasteiger partial charge in [-0.25, -0.2) is 12.7 Å². The topological polar surface area (TPSA) is 57.6 Å². The Bertz CT molecular complexity index is 460. The number of hydrogen-bond acceptors (Lipinski definition) is 3. The number of hydrogen-bond donors (Lipinski definition) is 1. The quantitative estimate of drug-likeness (QED) is 0.870. The van der Waals surface area contributed by atoms with Gasteiger partial charge < -0.3 is 5.11 Å². The van der Waals surface area contributed by atoms with Gasteiger partial charge in [0.05, 0.1) is 11.9 Å². The summed E-state index contributed by atoms with van der Waals surface area (Å²) in [5, 5.41) is 11.0. The minimum Gasteiger partial charge on any atom is -0.390 e. The summed E-state index contributed by atoms with van der Waals surface area (Å²) >= 11 is 0. The molecule has 0 bridgehead atoms. The molecule has 1 saturated heterocycles. The van der Waals surface area contributed by atoms with Crippen molar-refractivity contribution in [2.45, 2.75) is 58.5 Å². The fourth-order valence-corrected chi connectivity index (χ4v) is 5.30. The maximum atomic E-state index is 11.7. The first-order chi connectivity index (χ1) is 9.02. The number of aliphatic hydroxyl groups is 1. The predicted octanol–water partition coefficient (Wildman–Crippen LogP) is 2.24. The molecule has 1 saturated carbocycles. The summed E-state index contributed by atoms with van der Waals surface area (Å²) in [5.41, 5.74) is -0.423. The van der Waals surface area contributed by atoms with Crippen LogP contribution in [-0.2, 0) is 10.0 Å². The molecule has 2 rings (SSSR count). The third-order valence-electron chi connectivity index (χ3n) is 5.15. The van der Waals surface area contributed by atoms with E-state index in [1.807, 2.05) is 0 Å². The van der Waals surface area contributed by atoms with Crippen molar-refractivity contribution in [1.82, 2.24) is 4.31 Å². The fourth-order valence-electron chi connectivity index (χ4n) is 4.36. The van der Waals surface area contributed by atoms with Gasteiger partial charge in [-0.1, -0.05) is 20.8 Å². The number of nitrogens with zero attached hydrogens (tertiary/aromatic N) is 1. The maximum absolute atomic E-state index is 11.7. The van der Waals surface area contributed by atoms with E-state index >= 15 is 0 Å². The molecule has 0 aromatic carbocycles. The van der Waals surface area contributed by atoms with Gasteiger partial charge in [0, 0.05) is 13.1 Å². The van der Waals surface area contributed by atoms with Crippen molar-refractivity contribution >= 4 is 10.0 Å². The highest BCUT2D eigenvalue weighted by Gasteiger charge is 2.48. The Kier molecular flexibility index (Phi) is 4.27. The van der Waals surface area contributed by atoms with Gasteiger partial charge in [-0.15, -0.1) is 0 Å². The predicted molar refractivity (Wildman–Crippen MR) is 80.9 cm³/mol. The molecular formula is C15H29NO3S. The van der Waals surface area contributed by atoms with Crippen molar-refractivity contribution in [1.29, 1.82) is 0 Å². The Hall–Kier alpha value is -0.130. The van der Waals surface area contributed by atoms with E-state index in [1.165, 1.54) is 6.26 Å². The Morgan fingerprint density at radius 1 is 1.35 bits per heavy atom. The summed E-state index contributed by atoms with van der Waals surface area (Å²) in [6.45, 7) is 7.77. The van der Waals surface area contributed by atoms with E-state index in [0.717, 1.165) is 32.1 Å². The molecule has 0 radical (unpaired) electrons. The minimum absolute atomic E-state index is 0.194. The summed E-state index contributed by atoms with van der Waals surface area (Å²) in [5.74, 6) is 0.589. The summed E-state index contributed by atoms with van der Waals surface area (Å²) in [6, 6.07) is 0. The number of sulfonamides is 1. The molecule has 5 heteroatoms. The highest BCUT2D eigenvalue weighted by atomic mass is 32.2. The first kappa shape index (κ1) is 16.2. The Morgan fingerprint density at radius 3 is 2.50 bits per heavy atom. The van der Waals surface area contributed by atoms with E-state index in [4.69, 9.17) is 0 Å². The Labute approximate surface area is 123 Å². The molecule has 1 N–H and O–H groups in total. The molecule has 20 heavy (non-hydrogen) atoms. The molecule has 3 unspecified atom stereocenters. The van der Waals surface area contributed by atoms with Crippen LogP contribution in [0.2, 0.25) is 0 Å². The lowest BCUT2D eigenvalue weighted by Gasteiger charge is -2.37. The second kappa shape index (κ2) is 5.25. The van der Waals surface area contributed by atoms with Gasteiger partial charge >= 0.3 is 0 Å². The second-order valence-electron chi connectivity index (χ2n) is 7.88. The summed E-state index contributed by atoms with van der Waals surface area (Å²) < 4.78 is 24.9. The first-order valence-corrected chi connectivity index (χ1v) is 9.54. The van der Waals surface area contributed by atoms with Gasteiger partial charge in [0.15, 0.2) is 0 Å². The van der Waals surface area contributed by atoms with Crippen molar-refractivity contribution in [3.05, 3.63) is 0 Å². The van der Waals surface area contributed by atoms with Crippen LogP contribution >= 0.6 is 0 Å².